The van der Waals surface area contributed by atoms with Crippen molar-refractivity contribution >= 4 is 21.6 Å². The highest BCUT2D eigenvalue weighted by atomic mass is 35.5. The number of halogens is 1. The van der Waals surface area contributed by atoms with Gasteiger partial charge in [-0.05, 0) is 19.3 Å². The van der Waals surface area contributed by atoms with Crippen molar-refractivity contribution in [1.29, 1.82) is 0 Å². The maximum Gasteiger partial charge on any atom is 0.214 e. The minimum Gasteiger partial charge on any atom is -0.381 e. The molecule has 1 aliphatic heterocycles. The van der Waals surface area contributed by atoms with Crippen molar-refractivity contribution < 1.29 is 13.2 Å². The second-order valence-electron chi connectivity index (χ2n) is 3.72. The maximum absolute atomic E-state index is 11.8. The van der Waals surface area contributed by atoms with E-state index in [4.69, 9.17) is 16.3 Å². The zero-order valence-corrected chi connectivity index (χ0v) is 10.6. The van der Waals surface area contributed by atoms with Crippen molar-refractivity contribution in [3.63, 3.8) is 0 Å². The summed E-state index contributed by atoms with van der Waals surface area (Å²) in [4.78, 5) is 0. The molecule has 0 aromatic heterocycles. The van der Waals surface area contributed by atoms with E-state index in [0.29, 0.717) is 25.5 Å². The number of sulfonamides is 1. The molecule has 0 amide bonds. The summed E-state index contributed by atoms with van der Waals surface area (Å²) in [5.74, 6) is 0.533. The Morgan fingerprint density at radius 2 is 2.00 bits per heavy atom. The van der Waals surface area contributed by atoms with E-state index < -0.39 is 10.0 Å². The standard InChI is InChI=1S/C9H18ClNO3S/c1-11(9-3-6-14-7-4-9)15(12,13)8-2-5-10/h9H,2-8H2,1H3. The van der Waals surface area contributed by atoms with Gasteiger partial charge in [0, 0.05) is 32.2 Å². The molecule has 1 aliphatic rings. The molecule has 0 aliphatic carbocycles. The first-order chi connectivity index (χ1) is 7.08. The van der Waals surface area contributed by atoms with Crippen LogP contribution < -0.4 is 0 Å². The number of rotatable bonds is 5. The molecule has 0 aromatic carbocycles. The molecule has 0 aromatic rings. The van der Waals surface area contributed by atoms with Crippen LogP contribution in [0.3, 0.4) is 0 Å². The Balaban J connectivity index is 2.53. The van der Waals surface area contributed by atoms with Gasteiger partial charge in [-0.15, -0.1) is 11.6 Å². The van der Waals surface area contributed by atoms with Gasteiger partial charge >= 0.3 is 0 Å². The largest absolute Gasteiger partial charge is 0.381 e. The Labute approximate surface area is 96.6 Å². The highest BCUT2D eigenvalue weighted by molar-refractivity contribution is 7.89. The summed E-state index contributed by atoms with van der Waals surface area (Å²) in [7, 11) is -1.48. The van der Waals surface area contributed by atoms with E-state index in [0.717, 1.165) is 12.8 Å². The van der Waals surface area contributed by atoms with Gasteiger partial charge < -0.3 is 4.74 Å². The van der Waals surface area contributed by atoms with Crippen LogP contribution in [0.2, 0.25) is 0 Å². The topological polar surface area (TPSA) is 46.6 Å². The van der Waals surface area contributed by atoms with Crippen molar-refractivity contribution in [1.82, 2.24) is 4.31 Å². The van der Waals surface area contributed by atoms with Crippen molar-refractivity contribution in [2.75, 3.05) is 31.9 Å². The molecule has 1 fully saturated rings. The van der Waals surface area contributed by atoms with E-state index in [2.05, 4.69) is 0 Å². The lowest BCUT2D eigenvalue weighted by molar-refractivity contribution is 0.0632. The second kappa shape index (κ2) is 6.03. The molecule has 15 heavy (non-hydrogen) atoms. The fourth-order valence-electron chi connectivity index (χ4n) is 1.66. The Kier molecular flexibility index (Phi) is 5.32. The van der Waals surface area contributed by atoms with Crippen LogP contribution in [0.4, 0.5) is 0 Å². The van der Waals surface area contributed by atoms with E-state index >= 15 is 0 Å². The van der Waals surface area contributed by atoms with Crippen molar-refractivity contribution in [3.8, 4) is 0 Å². The number of hydrogen-bond donors (Lipinski definition) is 0. The van der Waals surface area contributed by atoms with E-state index in [9.17, 15) is 8.42 Å². The average molecular weight is 256 g/mol. The van der Waals surface area contributed by atoms with Crippen molar-refractivity contribution in [2.45, 2.75) is 25.3 Å². The van der Waals surface area contributed by atoms with Crippen LogP contribution in [-0.2, 0) is 14.8 Å². The third-order valence-corrected chi connectivity index (χ3v) is 4.93. The number of nitrogens with zero attached hydrogens (tertiary/aromatic N) is 1. The fraction of sp³-hybridized carbons (Fsp3) is 1.00. The normalized spacial score (nSPS) is 19.7. The van der Waals surface area contributed by atoms with Crippen molar-refractivity contribution in [3.05, 3.63) is 0 Å². The summed E-state index contributed by atoms with van der Waals surface area (Å²) >= 11 is 5.50. The van der Waals surface area contributed by atoms with Crippen LogP contribution in [0.25, 0.3) is 0 Å². The van der Waals surface area contributed by atoms with Gasteiger partial charge in [0.1, 0.15) is 0 Å². The fourth-order valence-corrected chi connectivity index (χ4v) is 3.41. The van der Waals surface area contributed by atoms with E-state index in [1.807, 2.05) is 0 Å². The third-order valence-electron chi connectivity index (χ3n) is 2.68. The van der Waals surface area contributed by atoms with E-state index in [1.54, 1.807) is 7.05 Å². The molecule has 1 rings (SSSR count). The van der Waals surface area contributed by atoms with Crippen LogP contribution in [0.1, 0.15) is 19.3 Å². The van der Waals surface area contributed by atoms with Gasteiger partial charge in [0.25, 0.3) is 0 Å². The van der Waals surface area contributed by atoms with E-state index in [-0.39, 0.29) is 11.8 Å². The lowest BCUT2D eigenvalue weighted by Gasteiger charge is -2.30. The first-order valence-electron chi connectivity index (χ1n) is 5.17. The molecule has 6 heteroatoms. The molecule has 0 spiro atoms. The zero-order valence-electron chi connectivity index (χ0n) is 8.99. The smallest absolute Gasteiger partial charge is 0.214 e. The average Bonchev–Trinajstić information content (AvgIpc) is 2.26. The summed E-state index contributed by atoms with van der Waals surface area (Å²) in [6.07, 6.45) is 2.09. The molecule has 0 bridgehead atoms. The SMILES string of the molecule is CN(C1CCOCC1)S(=O)(=O)CCCCl. The predicted molar refractivity (Wildman–Crippen MR) is 60.7 cm³/mol. The van der Waals surface area contributed by atoms with Gasteiger partial charge in [-0.1, -0.05) is 0 Å². The monoisotopic (exact) mass is 255 g/mol. The van der Waals surface area contributed by atoms with Crippen LogP contribution in [-0.4, -0.2) is 50.7 Å². The Morgan fingerprint density at radius 3 is 2.53 bits per heavy atom. The molecule has 0 radical (unpaired) electrons. The van der Waals surface area contributed by atoms with Gasteiger partial charge in [0.05, 0.1) is 5.75 Å². The van der Waals surface area contributed by atoms with Crippen LogP contribution in [0.15, 0.2) is 0 Å². The predicted octanol–water partition coefficient (Wildman–Crippen LogP) is 1.06. The molecule has 0 unspecified atom stereocenters. The summed E-state index contributed by atoms with van der Waals surface area (Å²) in [6.45, 7) is 1.31. The van der Waals surface area contributed by atoms with Gasteiger partial charge in [-0.25, -0.2) is 12.7 Å². The number of alkyl halides is 1. The molecule has 1 heterocycles. The molecular weight excluding hydrogens is 238 g/mol. The van der Waals surface area contributed by atoms with Gasteiger partial charge in [0.15, 0.2) is 0 Å². The molecule has 0 saturated carbocycles. The highest BCUT2D eigenvalue weighted by Gasteiger charge is 2.27. The summed E-state index contributed by atoms with van der Waals surface area (Å²) in [5, 5.41) is 0. The Bertz CT molecular complexity index is 275. The quantitative estimate of drug-likeness (QED) is 0.690. The first kappa shape index (κ1) is 13.2. The van der Waals surface area contributed by atoms with E-state index in [1.165, 1.54) is 4.31 Å². The summed E-state index contributed by atoms with van der Waals surface area (Å²) < 4.78 is 30.3. The summed E-state index contributed by atoms with van der Waals surface area (Å²) in [5.41, 5.74) is 0. The molecular formula is C9H18ClNO3S. The Hall–Kier alpha value is 0.160. The minimum absolute atomic E-state index is 0.0964. The minimum atomic E-state index is -3.13. The maximum atomic E-state index is 11.8. The molecule has 4 nitrogen and oxygen atoms in total. The van der Waals surface area contributed by atoms with Gasteiger partial charge in [0.2, 0.25) is 10.0 Å². The lowest BCUT2D eigenvalue weighted by atomic mass is 10.1. The zero-order chi connectivity index (χ0) is 11.3. The molecule has 0 atom stereocenters. The lowest BCUT2D eigenvalue weighted by Crippen LogP contribution is -2.41. The third kappa shape index (κ3) is 3.90. The van der Waals surface area contributed by atoms with Gasteiger partial charge in [-0.2, -0.15) is 0 Å². The highest BCUT2D eigenvalue weighted by Crippen LogP contribution is 2.16. The van der Waals surface area contributed by atoms with Crippen LogP contribution in [0.5, 0.6) is 0 Å². The first-order valence-corrected chi connectivity index (χ1v) is 7.31. The Morgan fingerprint density at radius 1 is 1.40 bits per heavy atom. The van der Waals surface area contributed by atoms with Gasteiger partial charge in [-0.3, -0.25) is 0 Å². The second-order valence-corrected chi connectivity index (χ2v) is 6.24. The van der Waals surface area contributed by atoms with Crippen molar-refractivity contribution in [2.24, 2.45) is 0 Å². The molecule has 1 saturated heterocycles. The van der Waals surface area contributed by atoms with Crippen LogP contribution >= 0.6 is 11.6 Å². The molecule has 90 valence electrons. The number of ether oxygens (including phenoxy) is 1. The summed E-state index contributed by atoms with van der Waals surface area (Å²) in [6, 6.07) is 0.0964. The van der Waals surface area contributed by atoms with Crippen LogP contribution in [0, 0.1) is 0 Å². The number of hydrogen-bond acceptors (Lipinski definition) is 3. The molecule has 0 N–H and O–H groups in total.